The molecule has 2 aromatic rings. The molecular weight excluding hydrogens is 397 g/mol. The van der Waals surface area contributed by atoms with E-state index in [1.807, 2.05) is 0 Å². The maximum absolute atomic E-state index is 6.22. The monoisotopic (exact) mass is 435 g/mol. The minimum absolute atomic E-state index is 0.315. The third-order valence-electron chi connectivity index (χ3n) is 7.74. The molecule has 0 radical (unpaired) electrons. The first-order valence-electron chi connectivity index (χ1n) is 12.0. The normalized spacial score (nSPS) is 24.4. The van der Waals surface area contributed by atoms with E-state index in [-0.39, 0.29) is 18.3 Å². The number of ether oxygens (including phenoxy) is 1. The largest absolute Gasteiger partial charge is 0.496 e. The van der Waals surface area contributed by atoms with Crippen molar-refractivity contribution in [2.75, 3.05) is 19.0 Å². The zero-order valence-electron chi connectivity index (χ0n) is 20.5. The molecule has 1 heterocycles. The average Bonchev–Trinajstić information content (AvgIpc) is 3.00. The Kier molecular flexibility index (Phi) is 6.60. The number of nitrogens with one attached hydrogen (secondary N) is 1. The summed E-state index contributed by atoms with van der Waals surface area (Å²) in [6, 6.07) is 15.2. The zero-order chi connectivity index (χ0) is 22.9. The fraction of sp³-hybridized carbons (Fsp3) is 0.556. The SMILES string of the molecule is COc1ccc([C@H]2CC[C@H](CNc3cccc(B4OC(C)(C)C(C)(C)O4)c3)CC2)cc1C. The van der Waals surface area contributed by atoms with Crippen molar-refractivity contribution >= 4 is 18.3 Å². The number of methoxy groups -OCH3 is 1. The first kappa shape index (κ1) is 23.2. The zero-order valence-corrected chi connectivity index (χ0v) is 20.5. The van der Waals surface area contributed by atoms with E-state index in [1.165, 1.54) is 36.8 Å². The Balaban J connectivity index is 1.30. The lowest BCUT2D eigenvalue weighted by Crippen LogP contribution is -2.41. The molecule has 32 heavy (non-hydrogen) atoms. The summed E-state index contributed by atoms with van der Waals surface area (Å²) in [7, 11) is 1.43. The minimum atomic E-state index is -0.317. The van der Waals surface area contributed by atoms with Crippen LogP contribution in [0, 0.1) is 12.8 Å². The lowest BCUT2D eigenvalue weighted by molar-refractivity contribution is 0.00578. The van der Waals surface area contributed by atoms with E-state index in [9.17, 15) is 0 Å². The van der Waals surface area contributed by atoms with Crippen LogP contribution < -0.4 is 15.5 Å². The molecule has 1 saturated carbocycles. The Labute approximate surface area is 194 Å². The van der Waals surface area contributed by atoms with Gasteiger partial charge in [0.05, 0.1) is 18.3 Å². The summed E-state index contributed by atoms with van der Waals surface area (Å²) >= 11 is 0. The molecule has 172 valence electrons. The van der Waals surface area contributed by atoms with Crippen LogP contribution in [0.25, 0.3) is 0 Å². The molecule has 0 amide bonds. The Morgan fingerprint density at radius 1 is 0.969 bits per heavy atom. The second-order valence-corrected chi connectivity index (χ2v) is 10.5. The van der Waals surface area contributed by atoms with E-state index in [1.54, 1.807) is 7.11 Å². The van der Waals surface area contributed by atoms with Crippen molar-refractivity contribution in [3.63, 3.8) is 0 Å². The molecule has 4 nitrogen and oxygen atoms in total. The van der Waals surface area contributed by atoms with Crippen LogP contribution >= 0.6 is 0 Å². The van der Waals surface area contributed by atoms with Crippen molar-refractivity contribution in [3.05, 3.63) is 53.6 Å². The fourth-order valence-corrected chi connectivity index (χ4v) is 4.89. The van der Waals surface area contributed by atoms with E-state index in [2.05, 4.69) is 82.4 Å². The molecule has 0 bridgehead atoms. The summed E-state index contributed by atoms with van der Waals surface area (Å²) in [6.45, 7) is 11.5. The Morgan fingerprint density at radius 3 is 2.28 bits per heavy atom. The van der Waals surface area contributed by atoms with Gasteiger partial charge in [0.25, 0.3) is 0 Å². The van der Waals surface area contributed by atoms with Crippen molar-refractivity contribution in [1.29, 1.82) is 0 Å². The van der Waals surface area contributed by atoms with Gasteiger partial charge in [-0.2, -0.15) is 0 Å². The number of aryl methyl sites for hydroxylation is 1. The third kappa shape index (κ3) is 4.84. The molecule has 1 N–H and O–H groups in total. The molecule has 1 saturated heterocycles. The van der Waals surface area contributed by atoms with Gasteiger partial charge in [-0.05, 0) is 107 Å². The second kappa shape index (κ2) is 9.11. The summed E-state index contributed by atoms with van der Waals surface area (Å²) in [5.74, 6) is 2.36. The number of hydrogen-bond acceptors (Lipinski definition) is 4. The Morgan fingerprint density at radius 2 is 1.66 bits per heavy atom. The standard InChI is InChI=1S/C27H38BNO3/c1-19-16-22(14-15-25(19)30-6)21-12-10-20(11-13-21)18-29-24-9-7-8-23(17-24)28-31-26(2,3)27(4,5)32-28/h7-9,14-17,20-21,29H,10-13,18H2,1-6H3/t20-,21-. The second-order valence-electron chi connectivity index (χ2n) is 10.5. The van der Waals surface area contributed by atoms with Crippen molar-refractivity contribution < 1.29 is 14.0 Å². The summed E-state index contributed by atoms with van der Waals surface area (Å²) in [5, 5.41) is 3.67. The van der Waals surface area contributed by atoms with Gasteiger partial charge in [0, 0.05) is 12.2 Å². The summed E-state index contributed by atoms with van der Waals surface area (Å²) in [6.07, 6.45) is 5.04. The number of rotatable bonds is 6. The smallest absolute Gasteiger partial charge is 0.494 e. The molecule has 1 aliphatic heterocycles. The molecule has 0 spiro atoms. The molecule has 0 unspecified atom stereocenters. The van der Waals surface area contributed by atoms with Gasteiger partial charge in [-0.25, -0.2) is 0 Å². The van der Waals surface area contributed by atoms with Crippen LogP contribution in [-0.4, -0.2) is 32.0 Å². The maximum atomic E-state index is 6.22. The molecule has 0 aromatic heterocycles. The summed E-state index contributed by atoms with van der Waals surface area (Å²) in [5.41, 5.74) is 4.28. The van der Waals surface area contributed by atoms with Crippen LogP contribution in [0.3, 0.4) is 0 Å². The van der Waals surface area contributed by atoms with Crippen LogP contribution in [0.4, 0.5) is 5.69 Å². The lowest BCUT2D eigenvalue weighted by atomic mass is 9.78. The summed E-state index contributed by atoms with van der Waals surface area (Å²) < 4.78 is 17.9. The quantitative estimate of drug-likeness (QED) is 0.592. The molecule has 1 aliphatic carbocycles. The summed E-state index contributed by atoms with van der Waals surface area (Å²) in [4.78, 5) is 0. The van der Waals surface area contributed by atoms with E-state index in [0.29, 0.717) is 11.8 Å². The highest BCUT2D eigenvalue weighted by molar-refractivity contribution is 6.62. The van der Waals surface area contributed by atoms with E-state index < -0.39 is 0 Å². The third-order valence-corrected chi connectivity index (χ3v) is 7.74. The molecule has 0 atom stereocenters. The molecular formula is C27H38BNO3. The van der Waals surface area contributed by atoms with Gasteiger partial charge < -0.3 is 19.4 Å². The highest BCUT2D eigenvalue weighted by Gasteiger charge is 2.51. The van der Waals surface area contributed by atoms with Gasteiger partial charge in [0.15, 0.2) is 0 Å². The van der Waals surface area contributed by atoms with Crippen molar-refractivity contribution in [3.8, 4) is 5.75 Å². The Hall–Kier alpha value is -1.98. The van der Waals surface area contributed by atoms with Crippen molar-refractivity contribution in [1.82, 2.24) is 0 Å². The van der Waals surface area contributed by atoms with Gasteiger partial charge in [-0.3, -0.25) is 0 Å². The Bertz CT molecular complexity index is 918. The van der Waals surface area contributed by atoms with Crippen LogP contribution in [0.2, 0.25) is 0 Å². The van der Waals surface area contributed by atoms with E-state index in [4.69, 9.17) is 14.0 Å². The molecule has 2 aliphatic rings. The highest BCUT2D eigenvalue weighted by Crippen LogP contribution is 2.38. The topological polar surface area (TPSA) is 39.7 Å². The minimum Gasteiger partial charge on any atom is -0.496 e. The van der Waals surface area contributed by atoms with Crippen LogP contribution in [0.5, 0.6) is 5.75 Å². The van der Waals surface area contributed by atoms with Crippen LogP contribution in [0.15, 0.2) is 42.5 Å². The van der Waals surface area contributed by atoms with Gasteiger partial charge in [0.2, 0.25) is 0 Å². The van der Waals surface area contributed by atoms with E-state index >= 15 is 0 Å². The molecule has 5 heteroatoms. The van der Waals surface area contributed by atoms with Gasteiger partial charge in [-0.15, -0.1) is 0 Å². The first-order valence-corrected chi connectivity index (χ1v) is 12.0. The highest BCUT2D eigenvalue weighted by atomic mass is 16.7. The predicted molar refractivity (Wildman–Crippen MR) is 133 cm³/mol. The molecule has 2 fully saturated rings. The van der Waals surface area contributed by atoms with Crippen LogP contribution in [-0.2, 0) is 9.31 Å². The van der Waals surface area contributed by atoms with E-state index in [0.717, 1.165) is 23.4 Å². The van der Waals surface area contributed by atoms with Gasteiger partial charge >= 0.3 is 7.12 Å². The number of hydrogen-bond donors (Lipinski definition) is 1. The first-order chi connectivity index (χ1) is 15.2. The number of benzene rings is 2. The molecule has 2 aromatic carbocycles. The van der Waals surface area contributed by atoms with Gasteiger partial charge in [0.1, 0.15) is 5.75 Å². The van der Waals surface area contributed by atoms with Crippen LogP contribution in [0.1, 0.15) is 70.4 Å². The van der Waals surface area contributed by atoms with Crippen molar-refractivity contribution in [2.24, 2.45) is 5.92 Å². The van der Waals surface area contributed by atoms with Gasteiger partial charge in [-0.1, -0.05) is 24.3 Å². The predicted octanol–water partition coefficient (Wildman–Crippen LogP) is 5.69. The average molecular weight is 435 g/mol. The van der Waals surface area contributed by atoms with Crippen molar-refractivity contribution in [2.45, 2.75) is 77.4 Å². The fourth-order valence-electron chi connectivity index (χ4n) is 4.89. The lowest BCUT2D eigenvalue weighted by Gasteiger charge is -2.32. The number of anilines is 1. The molecule has 4 rings (SSSR count). The maximum Gasteiger partial charge on any atom is 0.494 e.